The van der Waals surface area contributed by atoms with Crippen molar-refractivity contribution in [2.45, 2.75) is 19.4 Å². The van der Waals surface area contributed by atoms with Crippen molar-refractivity contribution in [1.82, 2.24) is 4.98 Å². The third-order valence-electron chi connectivity index (χ3n) is 2.31. The second-order valence-electron chi connectivity index (χ2n) is 4.74. The molecule has 0 amide bonds. The largest absolute Gasteiger partial charge is 0.489 e. The van der Waals surface area contributed by atoms with Crippen LogP contribution in [0, 0.1) is 0 Å². The molecule has 2 rings (SSSR count). The number of nitrogens with zero attached hydrogens (tertiary/aromatic N) is 1. The third kappa shape index (κ3) is 2.87. The van der Waals surface area contributed by atoms with Gasteiger partial charge >= 0.3 is 0 Å². The van der Waals surface area contributed by atoms with Crippen molar-refractivity contribution >= 4 is 22.4 Å². The highest BCUT2D eigenvalue weighted by atomic mass is 35.5. The Morgan fingerprint density at radius 1 is 1.29 bits per heavy atom. The van der Waals surface area contributed by atoms with Crippen LogP contribution in [0.5, 0.6) is 5.75 Å². The van der Waals surface area contributed by atoms with E-state index < -0.39 is 0 Å². The standard InChI is InChI=1S/C13H15ClN2O/c1-13(2,15)8-17-11-7-16-12(14)10-6-4-3-5-9(10)11/h3-7H,8,15H2,1-2H3. The van der Waals surface area contributed by atoms with E-state index >= 15 is 0 Å². The van der Waals surface area contributed by atoms with Gasteiger partial charge in [0.05, 0.1) is 6.20 Å². The predicted molar refractivity (Wildman–Crippen MR) is 70.5 cm³/mol. The average molecular weight is 251 g/mol. The zero-order valence-electron chi connectivity index (χ0n) is 9.90. The molecule has 2 aromatic rings. The molecule has 0 aliphatic heterocycles. The third-order valence-corrected chi connectivity index (χ3v) is 2.61. The molecule has 0 saturated heterocycles. The Morgan fingerprint density at radius 2 is 1.94 bits per heavy atom. The van der Waals surface area contributed by atoms with Gasteiger partial charge in [-0.3, -0.25) is 0 Å². The van der Waals surface area contributed by atoms with Crippen LogP contribution >= 0.6 is 11.6 Å². The van der Waals surface area contributed by atoms with Crippen LogP contribution in [0.4, 0.5) is 0 Å². The number of rotatable bonds is 3. The van der Waals surface area contributed by atoms with Crippen LogP contribution < -0.4 is 10.5 Å². The van der Waals surface area contributed by atoms with Gasteiger partial charge in [0.2, 0.25) is 0 Å². The Kier molecular flexibility index (Phi) is 3.22. The van der Waals surface area contributed by atoms with E-state index in [4.69, 9.17) is 22.1 Å². The van der Waals surface area contributed by atoms with Crippen molar-refractivity contribution < 1.29 is 4.74 Å². The maximum absolute atomic E-state index is 6.03. The zero-order chi connectivity index (χ0) is 12.5. The van der Waals surface area contributed by atoms with Crippen LogP contribution in [0.3, 0.4) is 0 Å². The number of hydrogen-bond donors (Lipinski definition) is 1. The van der Waals surface area contributed by atoms with Gasteiger partial charge in [0.25, 0.3) is 0 Å². The minimum atomic E-state index is -0.374. The SMILES string of the molecule is CC(C)(N)COc1cnc(Cl)c2ccccc12. The van der Waals surface area contributed by atoms with Gasteiger partial charge in [0.15, 0.2) is 0 Å². The molecule has 2 N–H and O–H groups in total. The first kappa shape index (κ1) is 12.1. The Bertz CT molecular complexity index is 534. The number of ether oxygens (including phenoxy) is 1. The van der Waals surface area contributed by atoms with E-state index in [1.54, 1.807) is 6.20 Å². The summed E-state index contributed by atoms with van der Waals surface area (Å²) in [7, 11) is 0. The van der Waals surface area contributed by atoms with Crippen molar-refractivity contribution in [3.8, 4) is 5.75 Å². The lowest BCUT2D eigenvalue weighted by Crippen LogP contribution is -2.38. The molecule has 1 heterocycles. The first-order chi connectivity index (χ1) is 7.97. The number of pyridine rings is 1. The molecular weight excluding hydrogens is 236 g/mol. The van der Waals surface area contributed by atoms with Gasteiger partial charge < -0.3 is 10.5 Å². The quantitative estimate of drug-likeness (QED) is 0.852. The van der Waals surface area contributed by atoms with Crippen molar-refractivity contribution in [3.63, 3.8) is 0 Å². The summed E-state index contributed by atoms with van der Waals surface area (Å²) in [4.78, 5) is 4.11. The summed E-state index contributed by atoms with van der Waals surface area (Å²) in [5.41, 5.74) is 5.51. The van der Waals surface area contributed by atoms with Crippen LogP contribution in [0.15, 0.2) is 30.5 Å². The number of hydrogen-bond acceptors (Lipinski definition) is 3. The molecular formula is C13H15ClN2O. The fourth-order valence-corrected chi connectivity index (χ4v) is 1.72. The number of nitrogens with two attached hydrogens (primary N) is 1. The fourth-order valence-electron chi connectivity index (χ4n) is 1.51. The Morgan fingerprint density at radius 3 is 2.59 bits per heavy atom. The van der Waals surface area contributed by atoms with Crippen molar-refractivity contribution in [2.24, 2.45) is 5.73 Å². The molecule has 0 saturated carbocycles. The van der Waals surface area contributed by atoms with E-state index in [0.717, 1.165) is 10.8 Å². The maximum Gasteiger partial charge on any atom is 0.145 e. The molecule has 0 unspecified atom stereocenters. The topological polar surface area (TPSA) is 48.1 Å². The summed E-state index contributed by atoms with van der Waals surface area (Å²) in [5.74, 6) is 0.712. The molecule has 0 radical (unpaired) electrons. The molecule has 0 atom stereocenters. The minimum Gasteiger partial charge on any atom is -0.489 e. The molecule has 0 spiro atoms. The van der Waals surface area contributed by atoms with E-state index in [-0.39, 0.29) is 5.54 Å². The zero-order valence-corrected chi connectivity index (χ0v) is 10.7. The van der Waals surface area contributed by atoms with Crippen molar-refractivity contribution in [3.05, 3.63) is 35.6 Å². The summed E-state index contributed by atoms with van der Waals surface area (Å²) < 4.78 is 5.69. The fraction of sp³-hybridized carbons (Fsp3) is 0.308. The van der Waals surface area contributed by atoms with Crippen LogP contribution in [-0.4, -0.2) is 17.1 Å². The van der Waals surface area contributed by atoms with E-state index in [2.05, 4.69) is 4.98 Å². The molecule has 3 nitrogen and oxygen atoms in total. The second kappa shape index (κ2) is 4.51. The summed E-state index contributed by atoms with van der Waals surface area (Å²) in [5, 5.41) is 2.33. The summed E-state index contributed by atoms with van der Waals surface area (Å²) in [6.45, 7) is 4.26. The number of benzene rings is 1. The Hall–Kier alpha value is -1.32. The predicted octanol–water partition coefficient (Wildman–Crippen LogP) is 3.00. The van der Waals surface area contributed by atoms with Gasteiger partial charge in [-0.2, -0.15) is 0 Å². The average Bonchev–Trinajstić information content (AvgIpc) is 2.27. The van der Waals surface area contributed by atoms with Gasteiger partial charge in [-0.25, -0.2) is 4.98 Å². The molecule has 1 aromatic carbocycles. The van der Waals surface area contributed by atoms with Crippen LogP contribution in [0.2, 0.25) is 5.15 Å². The van der Waals surface area contributed by atoms with E-state index in [1.807, 2.05) is 38.1 Å². The molecule has 17 heavy (non-hydrogen) atoms. The molecule has 1 aromatic heterocycles. The van der Waals surface area contributed by atoms with Gasteiger partial charge in [0, 0.05) is 16.3 Å². The van der Waals surface area contributed by atoms with Gasteiger partial charge in [-0.05, 0) is 13.8 Å². The minimum absolute atomic E-state index is 0.374. The second-order valence-corrected chi connectivity index (χ2v) is 5.09. The highest BCUT2D eigenvalue weighted by Gasteiger charge is 2.13. The smallest absolute Gasteiger partial charge is 0.145 e. The first-order valence-electron chi connectivity index (χ1n) is 5.42. The van der Waals surface area contributed by atoms with Crippen LogP contribution in [-0.2, 0) is 0 Å². The normalized spacial score (nSPS) is 11.8. The van der Waals surface area contributed by atoms with Crippen molar-refractivity contribution in [1.29, 1.82) is 0 Å². The number of fused-ring (bicyclic) bond motifs is 1. The highest BCUT2D eigenvalue weighted by molar-refractivity contribution is 6.34. The lowest BCUT2D eigenvalue weighted by molar-refractivity contribution is 0.245. The summed E-state index contributed by atoms with van der Waals surface area (Å²) in [6, 6.07) is 7.75. The number of halogens is 1. The monoisotopic (exact) mass is 250 g/mol. The molecule has 4 heteroatoms. The van der Waals surface area contributed by atoms with Crippen LogP contribution in [0.1, 0.15) is 13.8 Å². The lowest BCUT2D eigenvalue weighted by Gasteiger charge is -2.19. The van der Waals surface area contributed by atoms with E-state index in [0.29, 0.717) is 17.5 Å². The first-order valence-corrected chi connectivity index (χ1v) is 5.80. The molecule has 0 fully saturated rings. The Balaban J connectivity index is 2.38. The van der Waals surface area contributed by atoms with Crippen LogP contribution in [0.25, 0.3) is 10.8 Å². The number of aromatic nitrogens is 1. The van der Waals surface area contributed by atoms with Gasteiger partial charge in [-0.15, -0.1) is 0 Å². The lowest BCUT2D eigenvalue weighted by atomic mass is 10.1. The molecule has 0 aliphatic carbocycles. The van der Waals surface area contributed by atoms with E-state index in [9.17, 15) is 0 Å². The molecule has 0 bridgehead atoms. The molecule has 0 aliphatic rings. The highest BCUT2D eigenvalue weighted by Crippen LogP contribution is 2.29. The van der Waals surface area contributed by atoms with E-state index in [1.165, 1.54) is 0 Å². The maximum atomic E-state index is 6.03. The van der Waals surface area contributed by atoms with Crippen molar-refractivity contribution in [2.75, 3.05) is 6.61 Å². The van der Waals surface area contributed by atoms with Gasteiger partial charge in [0.1, 0.15) is 17.5 Å². The van der Waals surface area contributed by atoms with Gasteiger partial charge in [-0.1, -0.05) is 35.9 Å². The Labute approximate surface area is 106 Å². The summed E-state index contributed by atoms with van der Waals surface area (Å²) >= 11 is 6.03. The molecule has 90 valence electrons. The summed E-state index contributed by atoms with van der Waals surface area (Å²) in [6.07, 6.45) is 1.64.